The third-order valence-corrected chi connectivity index (χ3v) is 3.92. The van der Waals surface area contributed by atoms with Crippen LogP contribution in [0.5, 0.6) is 0 Å². The summed E-state index contributed by atoms with van der Waals surface area (Å²) >= 11 is 0. The number of piperidine rings is 1. The van der Waals surface area contributed by atoms with Crippen molar-refractivity contribution in [1.29, 1.82) is 0 Å². The molecule has 6 nitrogen and oxygen atoms in total. The molecular weight excluding hydrogens is 280 g/mol. The van der Waals surface area contributed by atoms with E-state index in [1.807, 2.05) is 20.8 Å². The number of aromatic nitrogens is 2. The minimum absolute atomic E-state index is 0.0147. The van der Waals surface area contributed by atoms with Crippen LogP contribution in [-0.4, -0.2) is 46.3 Å². The molecule has 2 N–H and O–H groups in total. The second-order valence-electron chi connectivity index (χ2n) is 7.34. The van der Waals surface area contributed by atoms with Crippen molar-refractivity contribution in [1.82, 2.24) is 20.2 Å². The number of nitrogens with one attached hydrogen (secondary N) is 2. The summed E-state index contributed by atoms with van der Waals surface area (Å²) in [6, 6.07) is 0. The molecule has 1 aromatic heterocycles. The molecule has 0 saturated carbocycles. The summed E-state index contributed by atoms with van der Waals surface area (Å²) in [5.74, 6) is 0.218. The van der Waals surface area contributed by atoms with E-state index >= 15 is 0 Å². The Hall–Kier alpha value is -1.85. The number of amides is 2. The molecule has 0 atom stereocenters. The Labute approximate surface area is 131 Å². The van der Waals surface area contributed by atoms with Gasteiger partial charge in [-0.3, -0.25) is 9.59 Å². The highest BCUT2D eigenvalue weighted by atomic mass is 16.2. The van der Waals surface area contributed by atoms with Gasteiger partial charge in [-0.05, 0) is 24.2 Å². The SMILES string of the molecule is CC1CCN(C(=O)c2[nH]cnc2C(=O)NCC(C)(C)C)CC1. The first-order chi connectivity index (χ1) is 10.3. The zero-order chi connectivity index (χ0) is 16.3. The summed E-state index contributed by atoms with van der Waals surface area (Å²) in [4.78, 5) is 33.5. The Morgan fingerprint density at radius 3 is 2.59 bits per heavy atom. The van der Waals surface area contributed by atoms with E-state index < -0.39 is 0 Å². The summed E-state index contributed by atoms with van der Waals surface area (Å²) in [5.41, 5.74) is 0.466. The molecule has 0 aliphatic carbocycles. The molecule has 2 amide bonds. The number of hydrogen-bond acceptors (Lipinski definition) is 3. The van der Waals surface area contributed by atoms with E-state index in [9.17, 15) is 9.59 Å². The van der Waals surface area contributed by atoms with Gasteiger partial charge in [-0.25, -0.2) is 4.98 Å². The van der Waals surface area contributed by atoms with E-state index in [4.69, 9.17) is 0 Å². The van der Waals surface area contributed by atoms with Gasteiger partial charge in [-0.15, -0.1) is 0 Å². The van der Waals surface area contributed by atoms with Gasteiger partial charge in [0.2, 0.25) is 0 Å². The van der Waals surface area contributed by atoms with Gasteiger partial charge in [-0.2, -0.15) is 0 Å². The Bertz CT molecular complexity index is 537. The predicted octanol–water partition coefficient (Wildman–Crippen LogP) is 2.06. The average Bonchev–Trinajstić information content (AvgIpc) is 2.93. The number of hydrogen-bond donors (Lipinski definition) is 2. The molecule has 1 aliphatic heterocycles. The van der Waals surface area contributed by atoms with Gasteiger partial charge >= 0.3 is 0 Å². The average molecular weight is 306 g/mol. The van der Waals surface area contributed by atoms with Crippen molar-refractivity contribution in [3.05, 3.63) is 17.7 Å². The highest BCUT2D eigenvalue weighted by Crippen LogP contribution is 2.18. The summed E-state index contributed by atoms with van der Waals surface area (Å²) in [6.07, 6.45) is 3.42. The molecular formula is C16H26N4O2. The molecule has 1 fully saturated rings. The van der Waals surface area contributed by atoms with Crippen molar-refractivity contribution in [3.63, 3.8) is 0 Å². The van der Waals surface area contributed by atoms with Gasteiger partial charge in [0.25, 0.3) is 11.8 Å². The quantitative estimate of drug-likeness (QED) is 0.897. The number of imidazole rings is 1. The predicted molar refractivity (Wildman–Crippen MR) is 84.7 cm³/mol. The van der Waals surface area contributed by atoms with Crippen LogP contribution in [0.15, 0.2) is 6.33 Å². The lowest BCUT2D eigenvalue weighted by Crippen LogP contribution is -2.39. The van der Waals surface area contributed by atoms with Crippen molar-refractivity contribution in [2.24, 2.45) is 11.3 Å². The lowest BCUT2D eigenvalue weighted by Gasteiger charge is -2.30. The van der Waals surface area contributed by atoms with E-state index in [2.05, 4.69) is 22.2 Å². The molecule has 1 aromatic rings. The lowest BCUT2D eigenvalue weighted by molar-refractivity contribution is 0.0686. The monoisotopic (exact) mass is 306 g/mol. The third-order valence-electron chi connectivity index (χ3n) is 3.92. The van der Waals surface area contributed by atoms with Crippen molar-refractivity contribution in [2.75, 3.05) is 19.6 Å². The van der Waals surface area contributed by atoms with Gasteiger partial charge in [0.05, 0.1) is 6.33 Å². The summed E-state index contributed by atoms with van der Waals surface area (Å²) < 4.78 is 0. The van der Waals surface area contributed by atoms with Crippen LogP contribution in [0.2, 0.25) is 0 Å². The van der Waals surface area contributed by atoms with Crippen LogP contribution in [-0.2, 0) is 0 Å². The largest absolute Gasteiger partial charge is 0.350 e. The van der Waals surface area contributed by atoms with Gasteiger partial charge in [-0.1, -0.05) is 27.7 Å². The molecule has 2 heterocycles. The van der Waals surface area contributed by atoms with E-state index in [-0.39, 0.29) is 22.9 Å². The zero-order valence-corrected chi connectivity index (χ0v) is 13.9. The van der Waals surface area contributed by atoms with E-state index in [1.54, 1.807) is 4.90 Å². The molecule has 0 radical (unpaired) electrons. The Kier molecular flexibility index (Phi) is 4.88. The van der Waals surface area contributed by atoms with Crippen LogP contribution in [0.4, 0.5) is 0 Å². The molecule has 22 heavy (non-hydrogen) atoms. The first-order valence-electron chi connectivity index (χ1n) is 7.89. The van der Waals surface area contributed by atoms with Gasteiger partial charge in [0.1, 0.15) is 5.69 Å². The summed E-state index contributed by atoms with van der Waals surface area (Å²) in [5, 5.41) is 2.84. The van der Waals surface area contributed by atoms with Crippen molar-refractivity contribution < 1.29 is 9.59 Å². The van der Waals surface area contributed by atoms with E-state index in [0.29, 0.717) is 18.2 Å². The van der Waals surface area contributed by atoms with Gasteiger partial charge < -0.3 is 15.2 Å². The fourth-order valence-corrected chi connectivity index (χ4v) is 2.43. The third kappa shape index (κ3) is 4.08. The summed E-state index contributed by atoms with van der Waals surface area (Å²) in [7, 11) is 0. The van der Waals surface area contributed by atoms with Crippen molar-refractivity contribution in [2.45, 2.75) is 40.5 Å². The fraction of sp³-hybridized carbons (Fsp3) is 0.688. The zero-order valence-electron chi connectivity index (χ0n) is 13.9. The number of rotatable bonds is 3. The van der Waals surface area contributed by atoms with Crippen LogP contribution in [0.1, 0.15) is 61.5 Å². The minimum Gasteiger partial charge on any atom is -0.350 e. The molecule has 0 bridgehead atoms. The Balaban J connectivity index is 2.05. The van der Waals surface area contributed by atoms with E-state index in [0.717, 1.165) is 25.9 Å². The molecule has 122 valence electrons. The first kappa shape index (κ1) is 16.5. The van der Waals surface area contributed by atoms with Crippen LogP contribution in [0.3, 0.4) is 0 Å². The Morgan fingerprint density at radius 1 is 1.36 bits per heavy atom. The maximum Gasteiger partial charge on any atom is 0.272 e. The van der Waals surface area contributed by atoms with Crippen LogP contribution < -0.4 is 5.32 Å². The number of nitrogens with zero attached hydrogens (tertiary/aromatic N) is 2. The summed E-state index contributed by atoms with van der Waals surface area (Å²) in [6.45, 7) is 10.3. The van der Waals surface area contributed by atoms with Crippen LogP contribution in [0, 0.1) is 11.3 Å². The van der Waals surface area contributed by atoms with E-state index in [1.165, 1.54) is 6.33 Å². The topological polar surface area (TPSA) is 78.1 Å². The fourth-order valence-electron chi connectivity index (χ4n) is 2.43. The number of carbonyl (C=O) groups excluding carboxylic acids is 2. The van der Waals surface area contributed by atoms with Crippen molar-refractivity contribution >= 4 is 11.8 Å². The maximum atomic E-state index is 12.6. The minimum atomic E-state index is -0.301. The van der Waals surface area contributed by atoms with Crippen LogP contribution in [0.25, 0.3) is 0 Å². The Morgan fingerprint density at radius 2 is 2.00 bits per heavy atom. The van der Waals surface area contributed by atoms with Crippen molar-refractivity contribution in [3.8, 4) is 0 Å². The first-order valence-corrected chi connectivity index (χ1v) is 7.89. The molecule has 1 saturated heterocycles. The molecule has 2 rings (SSSR count). The number of aromatic amines is 1. The second kappa shape index (κ2) is 6.50. The number of H-pyrrole nitrogens is 1. The van der Waals surface area contributed by atoms with Gasteiger partial charge in [0.15, 0.2) is 5.69 Å². The maximum absolute atomic E-state index is 12.6. The molecule has 0 spiro atoms. The number of carbonyl (C=O) groups is 2. The van der Waals surface area contributed by atoms with Gasteiger partial charge in [0, 0.05) is 19.6 Å². The lowest BCUT2D eigenvalue weighted by atomic mass is 9.97. The number of likely N-dealkylation sites (tertiary alicyclic amines) is 1. The smallest absolute Gasteiger partial charge is 0.272 e. The van der Waals surface area contributed by atoms with Crippen LogP contribution >= 0.6 is 0 Å². The molecule has 0 aromatic carbocycles. The molecule has 1 aliphatic rings. The molecule has 6 heteroatoms. The highest BCUT2D eigenvalue weighted by Gasteiger charge is 2.27. The normalized spacial score (nSPS) is 16.6. The second-order valence-corrected chi connectivity index (χ2v) is 7.34. The standard InChI is InChI=1S/C16H26N4O2/c1-11-5-7-20(8-6-11)15(22)13-12(18-10-19-13)14(21)17-9-16(2,3)4/h10-11H,5-9H2,1-4H3,(H,17,21)(H,18,19). The highest BCUT2D eigenvalue weighted by molar-refractivity contribution is 6.04. The molecule has 0 unspecified atom stereocenters.